The fourth-order valence-electron chi connectivity index (χ4n) is 4.93. The molecule has 1 fully saturated rings. The number of benzene rings is 1. The molecule has 2 aromatic rings. The third-order valence-corrected chi connectivity index (χ3v) is 8.16. The van der Waals surface area contributed by atoms with Gasteiger partial charge in [-0.15, -0.1) is 11.8 Å². The zero-order chi connectivity index (χ0) is 28.2. The lowest BCUT2D eigenvalue weighted by atomic mass is 9.93. The minimum Gasteiger partial charge on any atom is -0.354 e. The highest BCUT2D eigenvalue weighted by atomic mass is 35.5. The molecule has 1 atom stereocenters. The van der Waals surface area contributed by atoms with Gasteiger partial charge in [0.2, 0.25) is 0 Å². The van der Waals surface area contributed by atoms with Gasteiger partial charge in [-0.05, 0) is 35.8 Å². The van der Waals surface area contributed by atoms with Gasteiger partial charge in [0.1, 0.15) is 11.5 Å². The van der Waals surface area contributed by atoms with Crippen LogP contribution in [0.3, 0.4) is 0 Å². The topological polar surface area (TPSA) is 85.1 Å². The monoisotopic (exact) mass is 580 g/mol. The summed E-state index contributed by atoms with van der Waals surface area (Å²) in [7, 11) is 0.843. The number of fused-ring (bicyclic) bond motifs is 1. The Balaban J connectivity index is 1.68. The number of hydrogen-bond donors (Lipinski definition) is 2. The average molecular weight is 581 g/mol. The number of aromatic nitrogens is 2. The molecule has 1 aromatic carbocycles. The van der Waals surface area contributed by atoms with Gasteiger partial charge in [0, 0.05) is 42.3 Å². The number of alkyl halides is 3. The molecule has 0 saturated carbocycles. The summed E-state index contributed by atoms with van der Waals surface area (Å²) in [5.41, 5.74) is -1.27. The molecular weight excluding hydrogens is 560 g/mol. The number of carbonyl (C=O) groups is 1. The van der Waals surface area contributed by atoms with Gasteiger partial charge in [0.15, 0.2) is 5.78 Å². The van der Waals surface area contributed by atoms with E-state index in [0.29, 0.717) is 27.8 Å². The van der Waals surface area contributed by atoms with Crippen molar-refractivity contribution in [3.8, 4) is 5.69 Å². The van der Waals surface area contributed by atoms with Gasteiger partial charge >= 0.3 is 11.9 Å². The van der Waals surface area contributed by atoms with Crippen molar-refractivity contribution in [3.05, 3.63) is 102 Å². The first-order valence-electron chi connectivity index (χ1n) is 11.9. The Morgan fingerprint density at radius 2 is 1.95 bits per heavy atom. The molecule has 204 valence electrons. The van der Waals surface area contributed by atoms with Crippen molar-refractivity contribution in [2.24, 2.45) is 7.05 Å². The summed E-state index contributed by atoms with van der Waals surface area (Å²) in [5.74, 6) is -0.396. The molecular formula is C26H21ClF4N4O3S. The number of nitrogens with one attached hydrogen (secondary N) is 2. The number of hydrogen-bond acceptors (Lipinski definition) is 6. The van der Waals surface area contributed by atoms with Gasteiger partial charge in [0.05, 0.1) is 21.8 Å². The predicted octanol–water partition coefficient (Wildman–Crippen LogP) is 4.46. The minimum atomic E-state index is -4.96. The lowest BCUT2D eigenvalue weighted by Crippen LogP contribution is -2.41. The fraction of sp³-hybridized carbons (Fsp3) is 0.269. The summed E-state index contributed by atoms with van der Waals surface area (Å²) in [6, 6.07) is 2.21. The van der Waals surface area contributed by atoms with Gasteiger partial charge in [-0.25, -0.2) is 13.8 Å². The summed E-state index contributed by atoms with van der Waals surface area (Å²) < 4.78 is 55.5. The van der Waals surface area contributed by atoms with Crippen LogP contribution >= 0.6 is 23.4 Å². The van der Waals surface area contributed by atoms with Crippen molar-refractivity contribution in [1.82, 2.24) is 14.5 Å². The smallest absolute Gasteiger partial charge is 0.354 e. The van der Waals surface area contributed by atoms with Crippen LogP contribution in [0.25, 0.3) is 5.69 Å². The van der Waals surface area contributed by atoms with Crippen LogP contribution in [0.4, 0.5) is 23.2 Å². The van der Waals surface area contributed by atoms with E-state index in [9.17, 15) is 27.6 Å². The Bertz CT molecular complexity index is 1660. The first-order valence-corrected chi connectivity index (χ1v) is 13.3. The van der Waals surface area contributed by atoms with E-state index in [2.05, 4.69) is 10.6 Å². The summed E-state index contributed by atoms with van der Waals surface area (Å²) in [6.45, 7) is 2.64. The largest absolute Gasteiger partial charge is 0.431 e. The molecule has 2 heterocycles. The Hall–Kier alpha value is -3.35. The fourth-order valence-corrected chi connectivity index (χ4v) is 6.24. The van der Waals surface area contributed by atoms with Crippen LogP contribution in [0.2, 0.25) is 5.02 Å². The second kappa shape index (κ2) is 10.00. The Kier molecular flexibility index (Phi) is 6.98. The number of anilines is 1. The van der Waals surface area contributed by atoms with Gasteiger partial charge in [0.25, 0.3) is 5.56 Å². The second-order valence-corrected chi connectivity index (χ2v) is 10.6. The van der Waals surface area contributed by atoms with Gasteiger partial charge in [-0.3, -0.25) is 14.2 Å². The van der Waals surface area contributed by atoms with Crippen molar-refractivity contribution in [2.45, 2.75) is 24.9 Å². The van der Waals surface area contributed by atoms with E-state index < -0.39 is 34.6 Å². The molecule has 3 aliphatic rings. The number of ketones is 1. The van der Waals surface area contributed by atoms with Gasteiger partial charge in [-0.1, -0.05) is 30.7 Å². The van der Waals surface area contributed by atoms with Gasteiger partial charge in [-0.2, -0.15) is 13.2 Å². The number of rotatable bonds is 5. The lowest BCUT2D eigenvalue weighted by molar-refractivity contribution is -0.144. The van der Waals surface area contributed by atoms with Crippen LogP contribution < -0.4 is 21.9 Å². The normalized spacial score (nSPS) is 19.2. The molecule has 2 aliphatic carbocycles. The average Bonchev–Trinajstić information content (AvgIpc) is 3.49. The molecule has 1 aliphatic heterocycles. The zero-order valence-electron chi connectivity index (χ0n) is 20.6. The van der Waals surface area contributed by atoms with Crippen LogP contribution in [0.15, 0.2) is 74.0 Å². The van der Waals surface area contributed by atoms with E-state index in [4.69, 9.17) is 11.6 Å². The maximum atomic E-state index is 15.1. The predicted molar refractivity (Wildman–Crippen MR) is 142 cm³/mol. The van der Waals surface area contributed by atoms with E-state index in [0.717, 1.165) is 42.6 Å². The first-order chi connectivity index (χ1) is 18.4. The van der Waals surface area contributed by atoms with E-state index in [-0.39, 0.29) is 32.5 Å². The van der Waals surface area contributed by atoms with Crippen LogP contribution in [0.5, 0.6) is 0 Å². The van der Waals surface area contributed by atoms with E-state index >= 15 is 4.39 Å². The summed E-state index contributed by atoms with van der Waals surface area (Å²) in [4.78, 5) is 38.3. The summed E-state index contributed by atoms with van der Waals surface area (Å²) in [6.07, 6.45) is 0.504. The molecule has 1 unspecified atom stereocenters. The van der Waals surface area contributed by atoms with Crippen molar-refractivity contribution in [3.63, 3.8) is 0 Å². The van der Waals surface area contributed by atoms with Crippen molar-refractivity contribution < 1.29 is 22.4 Å². The molecule has 1 saturated heterocycles. The lowest BCUT2D eigenvalue weighted by Gasteiger charge is -2.20. The molecule has 13 heteroatoms. The van der Waals surface area contributed by atoms with Crippen LogP contribution in [-0.2, 0) is 18.0 Å². The third-order valence-electron chi connectivity index (χ3n) is 6.67. The SMILES string of the molecule is CCC1=C2C(=O)C=CC=C2C(C2NCCS2)=C1Nc1cc(-n2c(=O)cc(C(F)(F)F)n(C)c2=O)c(F)cc1Cl. The van der Waals surface area contributed by atoms with Gasteiger partial charge < -0.3 is 10.6 Å². The van der Waals surface area contributed by atoms with Crippen molar-refractivity contribution in [2.75, 3.05) is 17.6 Å². The standard InChI is InChI=1S/C26H21ClF4N4O3S/c1-3-12-21-13(5-4-6-18(21)36)22(24-32-7-8-39-24)23(12)33-16-10-17(15(28)9-14(16)27)35-20(37)11-19(26(29,30)31)34(2)25(35)38/h4-6,9-11,24,32-33H,3,7-8H2,1-2H3. The van der Waals surface area contributed by atoms with Crippen LogP contribution in [-0.4, -0.2) is 32.6 Å². The van der Waals surface area contributed by atoms with E-state index in [1.54, 1.807) is 17.8 Å². The highest BCUT2D eigenvalue weighted by Crippen LogP contribution is 2.46. The molecule has 1 aromatic heterocycles. The molecule has 2 N–H and O–H groups in total. The van der Waals surface area contributed by atoms with E-state index in [1.165, 1.54) is 6.08 Å². The minimum absolute atomic E-state index is 0.0966. The third kappa shape index (κ3) is 4.60. The molecule has 39 heavy (non-hydrogen) atoms. The maximum absolute atomic E-state index is 15.1. The molecule has 0 spiro atoms. The van der Waals surface area contributed by atoms with Crippen molar-refractivity contribution in [1.29, 1.82) is 0 Å². The molecule has 0 radical (unpaired) electrons. The van der Waals surface area contributed by atoms with Crippen molar-refractivity contribution >= 4 is 34.8 Å². The second-order valence-electron chi connectivity index (χ2n) is 8.96. The number of allylic oxidation sites excluding steroid dienone is 5. The van der Waals surface area contributed by atoms with Crippen LogP contribution in [0, 0.1) is 5.82 Å². The summed E-state index contributed by atoms with van der Waals surface area (Å²) >= 11 is 8.02. The van der Waals surface area contributed by atoms with Crippen LogP contribution in [0.1, 0.15) is 19.0 Å². The first kappa shape index (κ1) is 27.2. The highest BCUT2D eigenvalue weighted by Gasteiger charge is 2.38. The van der Waals surface area contributed by atoms with E-state index in [1.807, 2.05) is 13.0 Å². The Morgan fingerprint density at radius 3 is 2.59 bits per heavy atom. The molecule has 5 rings (SSSR count). The maximum Gasteiger partial charge on any atom is 0.431 e. The highest BCUT2D eigenvalue weighted by molar-refractivity contribution is 8.00. The molecule has 0 bridgehead atoms. The number of halogens is 5. The molecule has 0 amide bonds. The zero-order valence-corrected chi connectivity index (χ0v) is 22.2. The molecule has 7 nitrogen and oxygen atoms in total. The Labute approximate surface area is 228 Å². The number of carbonyl (C=O) groups excluding carboxylic acids is 1. The quantitative estimate of drug-likeness (QED) is 0.508. The number of nitrogens with zero attached hydrogens (tertiary/aromatic N) is 2. The Morgan fingerprint density at radius 1 is 1.21 bits per heavy atom. The number of thioether (sulfide) groups is 1. The summed E-state index contributed by atoms with van der Waals surface area (Å²) in [5, 5.41) is 6.33.